The maximum atomic E-state index is 13.0. The average molecular weight is 776 g/mol. The van der Waals surface area contributed by atoms with Crippen LogP contribution in [0.4, 0.5) is 11.4 Å². The molecule has 2 N–H and O–H groups in total. The third-order valence-corrected chi connectivity index (χ3v) is 11.5. The SMILES string of the molecule is Cc1cc2c(N3CCCc4nc(-c5ccc(C(=O)NCC#Cc6ccc7occ([C@@H]8CCC(=O)NC8=O)c7c6)nc5)ncc43)cc(C3CCOCC3)cc2n(C)c1=O. The number of nitrogens with zero attached hydrogens (tertiary/aromatic N) is 5. The Labute approximate surface area is 333 Å². The summed E-state index contributed by atoms with van der Waals surface area (Å²) in [4.78, 5) is 66.6. The summed E-state index contributed by atoms with van der Waals surface area (Å²) in [7, 11) is 1.85. The Kier molecular flexibility index (Phi) is 9.79. The van der Waals surface area contributed by atoms with Crippen molar-refractivity contribution in [3.05, 3.63) is 111 Å². The monoisotopic (exact) mass is 775 g/mol. The molecule has 6 aromatic rings. The van der Waals surface area contributed by atoms with Crippen LogP contribution in [0, 0.1) is 18.8 Å². The Morgan fingerprint density at radius 2 is 1.83 bits per heavy atom. The Morgan fingerprint density at radius 1 is 0.966 bits per heavy atom. The first-order valence-corrected chi connectivity index (χ1v) is 19.7. The lowest BCUT2D eigenvalue weighted by atomic mass is 9.89. The molecular weight excluding hydrogens is 735 g/mol. The molecular formula is C45H41N7O6. The number of hydrogen-bond donors (Lipinski definition) is 2. The van der Waals surface area contributed by atoms with E-state index in [0.717, 1.165) is 84.4 Å². The molecule has 3 aliphatic heterocycles. The molecule has 292 valence electrons. The highest BCUT2D eigenvalue weighted by atomic mass is 16.5. The minimum Gasteiger partial charge on any atom is -0.464 e. The fourth-order valence-electron chi connectivity index (χ4n) is 8.35. The van der Waals surface area contributed by atoms with E-state index in [2.05, 4.69) is 44.5 Å². The predicted octanol–water partition coefficient (Wildman–Crippen LogP) is 5.73. The van der Waals surface area contributed by atoms with Crippen LogP contribution in [0.3, 0.4) is 0 Å². The van der Waals surface area contributed by atoms with Crippen LogP contribution in [-0.4, -0.2) is 63.5 Å². The minimum absolute atomic E-state index is 0.00443. The first kappa shape index (κ1) is 37.0. The van der Waals surface area contributed by atoms with Crippen molar-refractivity contribution >= 4 is 51.0 Å². The van der Waals surface area contributed by atoms with Gasteiger partial charge in [0.15, 0.2) is 5.82 Å². The standard InChI is InChI=1S/C45H41N7O6/c1-26-19-33-37(51(2)45(26)56)21-30(28-13-17-57-18-14-28)22-38(33)52-16-4-6-35-39(52)24-48-42(49-35)29-8-10-36(47-23-29)44(55)46-15-3-5-27-7-11-40-32(20-27)34(25-58-40)31-9-12-41(53)50-43(31)54/h7-8,10-11,19-25,28,31H,4,6,9,12-18H2,1-2H3,(H,46,55)(H,50,53,54)/t31-/m0/s1. The molecule has 0 aliphatic carbocycles. The van der Waals surface area contributed by atoms with E-state index in [0.29, 0.717) is 40.4 Å². The highest BCUT2D eigenvalue weighted by Gasteiger charge is 2.31. The number of benzene rings is 2. The van der Waals surface area contributed by atoms with E-state index < -0.39 is 5.92 Å². The number of aryl methyl sites for hydroxylation is 3. The highest BCUT2D eigenvalue weighted by molar-refractivity contribution is 6.03. The number of ether oxygens (including phenoxy) is 1. The van der Waals surface area contributed by atoms with Gasteiger partial charge in [0, 0.05) is 72.5 Å². The van der Waals surface area contributed by atoms with Gasteiger partial charge < -0.3 is 23.9 Å². The summed E-state index contributed by atoms with van der Waals surface area (Å²) in [5.74, 6) is 5.50. The molecule has 2 fully saturated rings. The smallest absolute Gasteiger partial charge is 0.270 e. The lowest BCUT2D eigenvalue weighted by molar-refractivity contribution is -0.134. The molecule has 13 heteroatoms. The summed E-state index contributed by atoms with van der Waals surface area (Å²) < 4.78 is 13.1. The quantitative estimate of drug-likeness (QED) is 0.158. The normalized spacial score (nSPS) is 17.1. The lowest BCUT2D eigenvalue weighted by Gasteiger charge is -2.33. The summed E-state index contributed by atoms with van der Waals surface area (Å²) in [5.41, 5.74) is 8.74. The summed E-state index contributed by atoms with van der Waals surface area (Å²) >= 11 is 0. The van der Waals surface area contributed by atoms with Crippen molar-refractivity contribution in [2.45, 2.75) is 57.3 Å². The number of rotatable bonds is 6. The second-order valence-electron chi connectivity index (χ2n) is 15.2. The van der Waals surface area contributed by atoms with Crippen molar-refractivity contribution in [2.75, 3.05) is 31.2 Å². The van der Waals surface area contributed by atoms with Gasteiger partial charge >= 0.3 is 0 Å². The van der Waals surface area contributed by atoms with Crippen LogP contribution in [0.5, 0.6) is 0 Å². The topological polar surface area (TPSA) is 162 Å². The number of pyridine rings is 2. The molecule has 2 aromatic carbocycles. The van der Waals surface area contributed by atoms with Gasteiger partial charge in [-0.3, -0.25) is 29.5 Å². The fourth-order valence-corrected chi connectivity index (χ4v) is 8.35. The molecule has 13 nitrogen and oxygen atoms in total. The molecule has 3 amide bonds. The molecule has 0 bridgehead atoms. The van der Waals surface area contributed by atoms with E-state index in [4.69, 9.17) is 19.1 Å². The minimum atomic E-state index is -0.467. The number of hydrogen-bond acceptors (Lipinski definition) is 10. The van der Waals surface area contributed by atoms with Gasteiger partial charge in [0.25, 0.3) is 11.5 Å². The van der Waals surface area contributed by atoms with Crippen LogP contribution >= 0.6 is 0 Å². The summed E-state index contributed by atoms with van der Waals surface area (Å²) in [6, 6.07) is 15.4. The Balaban J connectivity index is 0.900. The summed E-state index contributed by atoms with van der Waals surface area (Å²) in [6.07, 6.45) is 9.32. The molecule has 1 atom stereocenters. The van der Waals surface area contributed by atoms with Crippen LogP contribution in [0.2, 0.25) is 0 Å². The summed E-state index contributed by atoms with van der Waals surface area (Å²) in [6.45, 7) is 4.22. The van der Waals surface area contributed by atoms with Crippen LogP contribution in [0.1, 0.15) is 82.4 Å². The number of furan rings is 1. The number of imide groups is 1. The third kappa shape index (κ3) is 7.00. The van der Waals surface area contributed by atoms with Crippen molar-refractivity contribution < 1.29 is 23.5 Å². The van der Waals surface area contributed by atoms with Gasteiger partial charge in [0.1, 0.15) is 11.3 Å². The highest BCUT2D eigenvalue weighted by Crippen LogP contribution is 2.40. The number of carbonyl (C=O) groups excluding carboxylic acids is 3. The Bertz CT molecular complexity index is 2750. The second-order valence-corrected chi connectivity index (χ2v) is 15.2. The number of nitrogens with one attached hydrogen (secondary N) is 2. The number of anilines is 2. The molecule has 58 heavy (non-hydrogen) atoms. The zero-order valence-corrected chi connectivity index (χ0v) is 32.3. The van der Waals surface area contributed by atoms with Crippen molar-refractivity contribution in [3.63, 3.8) is 0 Å². The van der Waals surface area contributed by atoms with Crippen LogP contribution in [-0.2, 0) is 27.8 Å². The Morgan fingerprint density at radius 3 is 2.64 bits per heavy atom. The first-order chi connectivity index (χ1) is 28.2. The van der Waals surface area contributed by atoms with Crippen LogP contribution < -0.4 is 21.1 Å². The van der Waals surface area contributed by atoms with E-state index in [1.807, 2.05) is 38.4 Å². The number of piperidine rings is 1. The van der Waals surface area contributed by atoms with Crippen LogP contribution in [0.25, 0.3) is 33.3 Å². The lowest BCUT2D eigenvalue weighted by Crippen LogP contribution is -2.39. The largest absolute Gasteiger partial charge is 0.464 e. The van der Waals surface area contributed by atoms with Gasteiger partial charge in [-0.05, 0) is 99.0 Å². The van der Waals surface area contributed by atoms with E-state index in [9.17, 15) is 19.2 Å². The maximum Gasteiger partial charge on any atom is 0.270 e. The summed E-state index contributed by atoms with van der Waals surface area (Å²) in [5, 5.41) is 6.99. The zero-order chi connectivity index (χ0) is 39.9. The molecule has 0 radical (unpaired) electrons. The van der Waals surface area contributed by atoms with Gasteiger partial charge in [-0.15, -0.1) is 0 Å². The van der Waals surface area contributed by atoms with Crippen LogP contribution in [0.15, 0.2) is 76.4 Å². The first-order valence-electron chi connectivity index (χ1n) is 19.7. The van der Waals surface area contributed by atoms with Gasteiger partial charge in [-0.1, -0.05) is 11.8 Å². The van der Waals surface area contributed by atoms with E-state index in [-0.39, 0.29) is 41.9 Å². The predicted molar refractivity (Wildman–Crippen MR) is 218 cm³/mol. The van der Waals surface area contributed by atoms with E-state index in [1.54, 1.807) is 35.2 Å². The van der Waals surface area contributed by atoms with E-state index in [1.165, 1.54) is 5.56 Å². The molecule has 7 heterocycles. The molecule has 2 saturated heterocycles. The van der Waals surface area contributed by atoms with E-state index >= 15 is 0 Å². The molecule has 4 aromatic heterocycles. The number of amides is 3. The fraction of sp³-hybridized carbons (Fsp3) is 0.311. The van der Waals surface area contributed by atoms with Crippen molar-refractivity contribution in [2.24, 2.45) is 7.05 Å². The molecule has 9 rings (SSSR count). The Hall–Kier alpha value is -6.65. The molecule has 3 aliphatic rings. The number of fused-ring (bicyclic) bond motifs is 3. The van der Waals surface area contributed by atoms with Gasteiger partial charge in [-0.25, -0.2) is 9.97 Å². The molecule has 0 unspecified atom stereocenters. The molecule has 0 saturated carbocycles. The zero-order valence-electron chi connectivity index (χ0n) is 32.3. The van der Waals surface area contributed by atoms with Crippen molar-refractivity contribution in [1.82, 2.24) is 30.2 Å². The maximum absolute atomic E-state index is 13.0. The van der Waals surface area contributed by atoms with Crippen molar-refractivity contribution in [1.29, 1.82) is 0 Å². The molecule has 0 spiro atoms. The van der Waals surface area contributed by atoms with Gasteiger partial charge in [0.05, 0.1) is 47.5 Å². The third-order valence-electron chi connectivity index (χ3n) is 11.5. The van der Waals surface area contributed by atoms with Crippen molar-refractivity contribution in [3.8, 4) is 23.2 Å². The van der Waals surface area contributed by atoms with Gasteiger partial charge in [-0.2, -0.15) is 0 Å². The average Bonchev–Trinajstić information content (AvgIpc) is 3.67. The second kappa shape index (κ2) is 15.4. The van der Waals surface area contributed by atoms with Gasteiger partial charge in [0.2, 0.25) is 11.8 Å². The number of aromatic nitrogens is 4. The number of carbonyl (C=O) groups is 3.